The second-order valence-corrected chi connectivity index (χ2v) is 8.08. The molecule has 1 fully saturated rings. The molecule has 0 aromatic heterocycles. The number of halogens is 1. The molecule has 2 rings (SSSR count). The van der Waals surface area contributed by atoms with E-state index in [1.807, 2.05) is 6.92 Å². The molecule has 0 radical (unpaired) electrons. The van der Waals surface area contributed by atoms with E-state index in [4.69, 9.17) is 0 Å². The molecule has 1 aliphatic rings. The SMILES string of the molecule is Cc1cc(CO)cc(S(=O)(=O)NCC(C)C2CC2)c1Br. The Morgan fingerprint density at radius 3 is 2.65 bits per heavy atom. The molecule has 1 aromatic rings. The first-order chi connectivity index (χ1) is 9.35. The number of hydrogen-bond acceptors (Lipinski definition) is 3. The fourth-order valence-corrected chi connectivity index (χ4v) is 4.46. The average Bonchev–Trinajstić information content (AvgIpc) is 3.23. The second kappa shape index (κ2) is 6.13. The van der Waals surface area contributed by atoms with E-state index in [0.29, 0.717) is 28.4 Å². The van der Waals surface area contributed by atoms with Crippen molar-refractivity contribution in [3.63, 3.8) is 0 Å². The minimum atomic E-state index is -3.55. The van der Waals surface area contributed by atoms with Crippen molar-refractivity contribution < 1.29 is 13.5 Å². The summed E-state index contributed by atoms with van der Waals surface area (Å²) in [6.45, 7) is 4.18. The summed E-state index contributed by atoms with van der Waals surface area (Å²) in [6, 6.07) is 3.29. The lowest BCUT2D eigenvalue weighted by molar-refractivity contribution is 0.281. The van der Waals surface area contributed by atoms with Gasteiger partial charge in [0, 0.05) is 11.0 Å². The molecule has 4 nitrogen and oxygen atoms in total. The van der Waals surface area contributed by atoms with Gasteiger partial charge in [0.05, 0.1) is 11.5 Å². The van der Waals surface area contributed by atoms with Gasteiger partial charge in [0.2, 0.25) is 10.0 Å². The minimum Gasteiger partial charge on any atom is -0.392 e. The number of sulfonamides is 1. The van der Waals surface area contributed by atoms with Gasteiger partial charge in [-0.25, -0.2) is 13.1 Å². The van der Waals surface area contributed by atoms with Crippen LogP contribution in [-0.2, 0) is 16.6 Å². The summed E-state index contributed by atoms with van der Waals surface area (Å²) in [5.41, 5.74) is 1.40. The monoisotopic (exact) mass is 361 g/mol. The summed E-state index contributed by atoms with van der Waals surface area (Å²) in [7, 11) is -3.55. The van der Waals surface area contributed by atoms with Crippen molar-refractivity contribution in [3.05, 3.63) is 27.7 Å². The molecule has 0 bridgehead atoms. The fraction of sp³-hybridized carbons (Fsp3) is 0.571. The number of aryl methyl sites for hydroxylation is 1. The van der Waals surface area contributed by atoms with Crippen LogP contribution in [0.15, 0.2) is 21.5 Å². The smallest absolute Gasteiger partial charge is 0.241 e. The summed E-state index contributed by atoms with van der Waals surface area (Å²) < 4.78 is 28.0. The summed E-state index contributed by atoms with van der Waals surface area (Å²) in [5.74, 6) is 1.03. The van der Waals surface area contributed by atoms with Crippen molar-refractivity contribution >= 4 is 26.0 Å². The van der Waals surface area contributed by atoms with E-state index in [0.717, 1.165) is 5.56 Å². The van der Waals surface area contributed by atoms with Crippen molar-refractivity contribution in [3.8, 4) is 0 Å². The Bertz CT molecular complexity index is 597. The lowest BCUT2D eigenvalue weighted by Gasteiger charge is -2.14. The molecule has 6 heteroatoms. The molecule has 1 unspecified atom stereocenters. The van der Waals surface area contributed by atoms with Gasteiger partial charge >= 0.3 is 0 Å². The van der Waals surface area contributed by atoms with E-state index >= 15 is 0 Å². The zero-order valence-electron chi connectivity index (χ0n) is 11.7. The highest BCUT2D eigenvalue weighted by molar-refractivity contribution is 9.10. The maximum absolute atomic E-state index is 12.4. The lowest BCUT2D eigenvalue weighted by atomic mass is 10.1. The van der Waals surface area contributed by atoms with Gasteiger partial charge in [-0.05, 0) is 64.7 Å². The highest BCUT2D eigenvalue weighted by Crippen LogP contribution is 2.36. The summed E-state index contributed by atoms with van der Waals surface area (Å²) in [5, 5.41) is 9.21. The first kappa shape index (κ1) is 15.9. The van der Waals surface area contributed by atoms with Crippen molar-refractivity contribution in [1.29, 1.82) is 0 Å². The molecule has 2 N–H and O–H groups in total. The molecule has 0 saturated heterocycles. The predicted octanol–water partition coefficient (Wildman–Crippen LogP) is 2.57. The van der Waals surface area contributed by atoms with Crippen LogP contribution in [0.25, 0.3) is 0 Å². The van der Waals surface area contributed by atoms with Crippen molar-refractivity contribution in [2.24, 2.45) is 11.8 Å². The van der Waals surface area contributed by atoms with E-state index in [9.17, 15) is 13.5 Å². The van der Waals surface area contributed by atoms with Gasteiger partial charge in [-0.2, -0.15) is 0 Å². The maximum Gasteiger partial charge on any atom is 0.241 e. The third-order valence-corrected chi connectivity index (χ3v) is 6.54. The number of benzene rings is 1. The summed E-state index contributed by atoms with van der Waals surface area (Å²) in [4.78, 5) is 0.199. The highest BCUT2D eigenvalue weighted by atomic mass is 79.9. The van der Waals surface area contributed by atoms with Gasteiger partial charge in [-0.15, -0.1) is 0 Å². The van der Waals surface area contributed by atoms with Gasteiger partial charge in [0.25, 0.3) is 0 Å². The van der Waals surface area contributed by atoms with E-state index < -0.39 is 10.0 Å². The first-order valence-electron chi connectivity index (χ1n) is 6.74. The molecular weight excluding hydrogens is 342 g/mol. The van der Waals surface area contributed by atoms with E-state index in [-0.39, 0.29) is 11.5 Å². The number of rotatable bonds is 6. The Labute approximate surface area is 128 Å². The Morgan fingerprint density at radius 2 is 2.10 bits per heavy atom. The zero-order valence-corrected chi connectivity index (χ0v) is 14.1. The van der Waals surface area contributed by atoms with E-state index in [2.05, 4.69) is 27.6 Å². The molecule has 0 heterocycles. The van der Waals surface area contributed by atoms with Crippen LogP contribution >= 0.6 is 15.9 Å². The molecule has 112 valence electrons. The van der Waals surface area contributed by atoms with Crippen LogP contribution in [-0.4, -0.2) is 20.1 Å². The minimum absolute atomic E-state index is 0.172. The van der Waals surface area contributed by atoms with Crippen molar-refractivity contribution in [2.45, 2.75) is 38.2 Å². The molecule has 1 saturated carbocycles. The Morgan fingerprint density at radius 1 is 1.45 bits per heavy atom. The van der Waals surface area contributed by atoms with Crippen LogP contribution in [0.4, 0.5) is 0 Å². The number of hydrogen-bond donors (Lipinski definition) is 2. The molecule has 0 spiro atoms. The fourth-order valence-electron chi connectivity index (χ4n) is 2.25. The van der Waals surface area contributed by atoms with Gasteiger partial charge in [-0.1, -0.05) is 13.0 Å². The molecule has 0 aliphatic heterocycles. The molecule has 20 heavy (non-hydrogen) atoms. The van der Waals surface area contributed by atoms with Crippen molar-refractivity contribution in [1.82, 2.24) is 4.72 Å². The lowest BCUT2D eigenvalue weighted by Crippen LogP contribution is -2.29. The highest BCUT2D eigenvalue weighted by Gasteiger charge is 2.29. The normalized spacial score (nSPS) is 17.2. The van der Waals surface area contributed by atoms with Crippen LogP contribution in [0.5, 0.6) is 0 Å². The predicted molar refractivity (Wildman–Crippen MR) is 81.9 cm³/mol. The Hall–Kier alpha value is -0.430. The number of nitrogens with one attached hydrogen (secondary N) is 1. The maximum atomic E-state index is 12.4. The Kier molecular flexibility index (Phi) is 4.89. The first-order valence-corrected chi connectivity index (χ1v) is 9.02. The van der Waals surface area contributed by atoms with Crippen LogP contribution in [0, 0.1) is 18.8 Å². The third-order valence-electron chi connectivity index (χ3n) is 3.78. The van der Waals surface area contributed by atoms with Crippen LogP contribution < -0.4 is 4.72 Å². The van der Waals surface area contributed by atoms with Crippen LogP contribution in [0.2, 0.25) is 0 Å². The summed E-state index contributed by atoms with van der Waals surface area (Å²) >= 11 is 3.33. The molecule has 1 atom stereocenters. The van der Waals surface area contributed by atoms with Crippen molar-refractivity contribution in [2.75, 3.05) is 6.54 Å². The Balaban J connectivity index is 2.21. The van der Waals surface area contributed by atoms with Gasteiger partial charge < -0.3 is 5.11 Å². The zero-order chi connectivity index (χ0) is 14.9. The summed E-state index contributed by atoms with van der Waals surface area (Å²) in [6.07, 6.45) is 2.40. The molecule has 1 aromatic carbocycles. The quantitative estimate of drug-likeness (QED) is 0.818. The standard InChI is InChI=1S/C14H20BrNO3S/c1-9-5-11(8-17)6-13(14(9)15)20(18,19)16-7-10(2)12-3-4-12/h5-6,10,12,16-17H,3-4,7-8H2,1-2H3. The molecular formula is C14H20BrNO3S. The van der Waals surface area contributed by atoms with E-state index in [1.165, 1.54) is 18.9 Å². The van der Waals surface area contributed by atoms with Gasteiger partial charge in [0.1, 0.15) is 0 Å². The number of aliphatic hydroxyl groups excluding tert-OH is 1. The third kappa shape index (κ3) is 3.61. The molecule has 0 amide bonds. The largest absolute Gasteiger partial charge is 0.392 e. The average molecular weight is 362 g/mol. The van der Waals surface area contributed by atoms with Gasteiger partial charge in [0.15, 0.2) is 0 Å². The molecule has 1 aliphatic carbocycles. The topological polar surface area (TPSA) is 66.4 Å². The van der Waals surface area contributed by atoms with E-state index in [1.54, 1.807) is 6.07 Å². The number of aliphatic hydroxyl groups is 1. The van der Waals surface area contributed by atoms with Gasteiger partial charge in [-0.3, -0.25) is 0 Å². The van der Waals surface area contributed by atoms with Crippen LogP contribution in [0.3, 0.4) is 0 Å². The van der Waals surface area contributed by atoms with Crippen LogP contribution in [0.1, 0.15) is 30.9 Å². The second-order valence-electron chi connectivity index (χ2n) is 5.55.